The molecule has 0 N–H and O–H groups in total. The van der Waals surface area contributed by atoms with Crippen molar-refractivity contribution in [2.75, 3.05) is 0 Å². The number of hydrogen-bond acceptors (Lipinski definition) is 12. The summed E-state index contributed by atoms with van der Waals surface area (Å²) < 4.78 is 88.1. The van der Waals surface area contributed by atoms with Crippen molar-refractivity contribution in [3.8, 4) is 71.0 Å². The molecule has 0 aliphatic rings. The minimum Gasteiger partial charge on any atom is -0.203 e. The standard InChI is InChI=1S/C86H114F4N4S8/c1-7-11-15-19-23-27-29-33-37-40-44-61(43-39-35-31-25-21-17-13-9-3)55-63-57-72(96-60(63)6)76-80(89)81(90)77(85-84(76)93-102-94-85)73-58-64(56-62(45-41-36-32-26-22-18-14-10-4)46-42-38-34-30-28-24-20-16-12-8-2)86(100-73)71-54-51-68(99-71)67-50-53-70(98-67)75-79(88)78(87)74(82-83(75)92-101-91-82)69-52-49-66(97-69)65-48-47-59(5)95-65/h47-54,57-58,61-62H,7-46,55-56H2,1-6H3. The maximum absolute atomic E-state index is 17.9. The summed E-state index contributed by atoms with van der Waals surface area (Å²) >= 11 is 11.3. The third kappa shape index (κ3) is 22.6. The molecule has 0 fully saturated rings. The number of nitrogens with zero attached hydrogens (tertiary/aromatic N) is 4. The highest BCUT2D eigenvalue weighted by Crippen LogP contribution is 2.52. The Labute approximate surface area is 642 Å². The third-order valence-electron chi connectivity index (χ3n) is 21.2. The van der Waals surface area contributed by atoms with Gasteiger partial charge in [0.05, 0.1) is 45.7 Å². The van der Waals surface area contributed by atoms with Gasteiger partial charge < -0.3 is 0 Å². The zero-order valence-corrected chi connectivity index (χ0v) is 68.7. The molecular formula is C86H114F4N4S8. The predicted molar refractivity (Wildman–Crippen MR) is 445 cm³/mol. The second kappa shape index (κ2) is 43.1. The first-order chi connectivity index (χ1) is 50.0. The quantitative estimate of drug-likeness (QED) is 0.0282. The Morgan fingerprint density at radius 3 is 0.912 bits per heavy atom. The fourth-order valence-electron chi connectivity index (χ4n) is 15.2. The molecule has 0 aliphatic carbocycles. The van der Waals surface area contributed by atoms with E-state index in [2.05, 4.69) is 86.7 Å². The van der Waals surface area contributed by atoms with Crippen LogP contribution >= 0.6 is 91.5 Å². The van der Waals surface area contributed by atoms with Crippen LogP contribution < -0.4 is 0 Å². The van der Waals surface area contributed by atoms with Crippen LogP contribution in [0.1, 0.15) is 305 Å². The van der Waals surface area contributed by atoms with Gasteiger partial charge in [0.1, 0.15) is 22.1 Å². The second-order valence-electron chi connectivity index (χ2n) is 29.3. The normalized spacial score (nSPS) is 12.6. The van der Waals surface area contributed by atoms with Gasteiger partial charge in [-0.1, -0.05) is 285 Å². The van der Waals surface area contributed by atoms with Gasteiger partial charge in [-0.2, -0.15) is 17.5 Å². The highest BCUT2D eigenvalue weighted by molar-refractivity contribution is 7.28. The number of rotatable bonds is 51. The summed E-state index contributed by atoms with van der Waals surface area (Å²) in [6, 6.07) is 20.4. The summed E-state index contributed by atoms with van der Waals surface area (Å²) in [5.74, 6) is -2.57. The lowest BCUT2D eigenvalue weighted by molar-refractivity contribution is 0.399. The minimum absolute atomic E-state index is 0.124. The van der Waals surface area contributed by atoms with Crippen molar-refractivity contribution in [2.24, 2.45) is 11.8 Å². The van der Waals surface area contributed by atoms with Crippen LogP contribution in [0.2, 0.25) is 0 Å². The molecule has 2 unspecified atom stereocenters. The fourth-order valence-corrected chi connectivity index (χ4v) is 22.9. The molecule has 10 rings (SSSR count). The minimum atomic E-state index is -0.929. The highest BCUT2D eigenvalue weighted by Gasteiger charge is 2.31. The van der Waals surface area contributed by atoms with Crippen molar-refractivity contribution in [3.05, 3.63) is 105 Å². The lowest BCUT2D eigenvalue weighted by atomic mass is 9.88. The molecule has 102 heavy (non-hydrogen) atoms. The molecule has 2 atom stereocenters. The van der Waals surface area contributed by atoms with Gasteiger partial charge in [0, 0.05) is 58.5 Å². The van der Waals surface area contributed by atoms with Gasteiger partial charge in [-0.3, -0.25) is 0 Å². The first-order valence-electron chi connectivity index (χ1n) is 39.9. The number of aryl methyl sites for hydroxylation is 2. The lowest BCUT2D eigenvalue weighted by Gasteiger charge is -2.17. The first kappa shape index (κ1) is 80.5. The van der Waals surface area contributed by atoms with E-state index in [9.17, 15) is 0 Å². The van der Waals surface area contributed by atoms with Crippen LogP contribution in [0.3, 0.4) is 0 Å². The van der Waals surface area contributed by atoms with Crippen LogP contribution in [0.25, 0.3) is 93.1 Å². The Bertz CT molecular complexity index is 4080. The third-order valence-corrected chi connectivity index (χ3v) is 29.4. The zero-order valence-electron chi connectivity index (χ0n) is 62.2. The van der Waals surface area contributed by atoms with E-state index in [0.29, 0.717) is 48.5 Å². The maximum Gasteiger partial charge on any atom is 0.170 e. The molecular weight excluding hydrogens is 1420 g/mol. The number of thiophene rings is 6. The highest BCUT2D eigenvalue weighted by atomic mass is 32.1. The average molecular weight is 1540 g/mol. The predicted octanol–water partition coefficient (Wildman–Crippen LogP) is 32.9. The SMILES string of the molecule is CCCCCCCCCCCCC(CCCCCCCCCC)Cc1cc(-c2c(F)c(F)c(-c3cc(CC(CCCCCCCCCC)CCCCCCCCCCCC)c(-c4ccc(-c5ccc(-c6c(F)c(F)c(-c7ccc(-c8ccc(C)s8)s7)c7nsnc67)s5)s4)s3)c3nsnc23)sc1C. The van der Waals surface area contributed by atoms with E-state index in [-0.39, 0.29) is 22.3 Å². The van der Waals surface area contributed by atoms with Crippen LogP contribution in [0, 0.1) is 49.0 Å². The summed E-state index contributed by atoms with van der Waals surface area (Å²) in [6.45, 7) is 13.4. The zero-order chi connectivity index (χ0) is 71.4. The van der Waals surface area contributed by atoms with Crippen LogP contribution in [-0.4, -0.2) is 17.5 Å². The maximum atomic E-state index is 17.9. The van der Waals surface area contributed by atoms with Gasteiger partial charge in [0.2, 0.25) is 0 Å². The molecule has 0 amide bonds. The van der Waals surface area contributed by atoms with Gasteiger partial charge in [0.15, 0.2) is 23.3 Å². The molecule has 0 radical (unpaired) electrons. The van der Waals surface area contributed by atoms with E-state index in [0.717, 1.165) is 88.8 Å². The van der Waals surface area contributed by atoms with Crippen molar-refractivity contribution < 1.29 is 17.6 Å². The second-order valence-corrected chi connectivity index (χ2v) is 37.3. The molecule has 4 nitrogen and oxygen atoms in total. The van der Waals surface area contributed by atoms with Crippen molar-refractivity contribution in [1.29, 1.82) is 0 Å². The summed E-state index contributed by atoms with van der Waals surface area (Å²) in [6.07, 6.45) is 53.3. The van der Waals surface area contributed by atoms with E-state index in [4.69, 9.17) is 8.75 Å². The molecule has 8 aromatic heterocycles. The Kier molecular flexibility index (Phi) is 34.0. The smallest absolute Gasteiger partial charge is 0.170 e. The Morgan fingerprint density at radius 2 is 0.559 bits per heavy atom. The molecule has 0 saturated heterocycles. The number of halogens is 4. The van der Waals surface area contributed by atoms with Crippen LogP contribution in [0.5, 0.6) is 0 Å². The summed E-state index contributed by atoms with van der Waals surface area (Å²) in [4.78, 5) is 11.0. The van der Waals surface area contributed by atoms with Gasteiger partial charge >= 0.3 is 0 Å². The number of unbranched alkanes of at least 4 members (excludes halogenated alkanes) is 32. The number of benzene rings is 2. The molecule has 10 aromatic rings. The van der Waals surface area contributed by atoms with Crippen molar-refractivity contribution >= 4 is 114 Å². The number of fused-ring (bicyclic) bond motifs is 2. The monoisotopic (exact) mass is 1530 g/mol. The molecule has 2 aromatic carbocycles. The number of hydrogen-bond donors (Lipinski definition) is 0. The van der Waals surface area contributed by atoms with Gasteiger partial charge in [0.25, 0.3) is 0 Å². The van der Waals surface area contributed by atoms with E-state index in [1.165, 1.54) is 293 Å². The summed E-state index contributed by atoms with van der Waals surface area (Å²) in [5, 5.41) is 0. The molecule has 0 spiro atoms. The molecule has 0 saturated carbocycles. The molecule has 16 heteroatoms. The van der Waals surface area contributed by atoms with E-state index < -0.39 is 23.3 Å². The van der Waals surface area contributed by atoms with Gasteiger partial charge in [-0.05, 0) is 110 Å². The van der Waals surface area contributed by atoms with Crippen molar-refractivity contribution in [2.45, 2.75) is 311 Å². The Hall–Kier alpha value is -4.00. The van der Waals surface area contributed by atoms with Gasteiger partial charge in [-0.15, -0.1) is 68.0 Å². The Morgan fingerprint density at radius 1 is 0.284 bits per heavy atom. The topological polar surface area (TPSA) is 51.6 Å². The Balaban J connectivity index is 0.936. The van der Waals surface area contributed by atoms with Crippen LogP contribution in [0.15, 0.2) is 60.7 Å². The summed E-state index contributed by atoms with van der Waals surface area (Å²) in [7, 11) is 0. The molecule has 0 bridgehead atoms. The molecule has 554 valence electrons. The van der Waals surface area contributed by atoms with E-state index in [1.807, 2.05) is 24.3 Å². The molecule has 0 aliphatic heterocycles. The van der Waals surface area contributed by atoms with Crippen molar-refractivity contribution in [3.63, 3.8) is 0 Å². The summed E-state index contributed by atoms with van der Waals surface area (Å²) in [5.41, 5.74) is 4.67. The largest absolute Gasteiger partial charge is 0.203 e. The van der Waals surface area contributed by atoms with E-state index >= 15 is 17.6 Å². The average Bonchev–Trinajstić information content (AvgIpc) is 1.56. The van der Waals surface area contributed by atoms with Gasteiger partial charge in [-0.25, -0.2) is 17.6 Å². The van der Waals surface area contributed by atoms with Crippen LogP contribution in [-0.2, 0) is 12.8 Å². The first-order valence-corrected chi connectivity index (χ1v) is 46.2. The van der Waals surface area contributed by atoms with Crippen LogP contribution in [0.4, 0.5) is 17.6 Å². The fraction of sp³-hybridized carbons (Fsp3) is 0.581. The molecule has 8 heterocycles. The number of aromatic nitrogens is 4. The van der Waals surface area contributed by atoms with Crippen molar-refractivity contribution in [1.82, 2.24) is 17.5 Å². The lowest BCUT2D eigenvalue weighted by Crippen LogP contribution is -2.06. The van der Waals surface area contributed by atoms with E-state index in [1.54, 1.807) is 34.0 Å².